The highest BCUT2D eigenvalue weighted by molar-refractivity contribution is 5.84. The van der Waals surface area contributed by atoms with E-state index in [0.29, 0.717) is 12.2 Å². The van der Waals surface area contributed by atoms with Crippen LogP contribution in [0.25, 0.3) is 0 Å². The third kappa shape index (κ3) is 7.98. The first-order chi connectivity index (χ1) is 9.20. The van der Waals surface area contributed by atoms with Crippen LogP contribution in [0.1, 0.15) is 70.6 Å². The molecule has 0 radical (unpaired) electrons. The minimum Gasteiger partial charge on any atom is -0.370 e. The number of carbonyl (C=O) groups excluding carboxylic acids is 2. The van der Waals surface area contributed by atoms with E-state index in [2.05, 4.69) is 5.32 Å². The van der Waals surface area contributed by atoms with Crippen molar-refractivity contribution in [3.63, 3.8) is 0 Å². The minimum atomic E-state index is -0.195. The molecule has 1 heterocycles. The molecule has 19 heavy (non-hydrogen) atoms. The first-order valence-electron chi connectivity index (χ1n) is 7.74. The van der Waals surface area contributed by atoms with Gasteiger partial charge in [0.15, 0.2) is 0 Å². The van der Waals surface area contributed by atoms with Crippen molar-refractivity contribution in [3.8, 4) is 0 Å². The van der Waals surface area contributed by atoms with Crippen LogP contribution >= 0.6 is 0 Å². The van der Waals surface area contributed by atoms with Crippen LogP contribution in [0.4, 0.5) is 0 Å². The number of nitrogens with two attached hydrogens (primary N) is 1. The van der Waals surface area contributed by atoms with E-state index in [1.165, 1.54) is 19.3 Å². The lowest BCUT2D eigenvalue weighted by molar-refractivity contribution is -0.121. The summed E-state index contributed by atoms with van der Waals surface area (Å²) in [5.74, 6) is 0.206. The Kier molecular flexibility index (Phi) is 8.47. The summed E-state index contributed by atoms with van der Waals surface area (Å²) in [6.07, 6.45) is 11.2. The van der Waals surface area contributed by atoms with Crippen molar-refractivity contribution < 1.29 is 9.59 Å². The van der Waals surface area contributed by atoms with Gasteiger partial charge in [0.1, 0.15) is 5.78 Å². The number of hydrogen-bond donors (Lipinski definition) is 2. The van der Waals surface area contributed by atoms with Gasteiger partial charge in [0.25, 0.3) is 0 Å². The van der Waals surface area contributed by atoms with E-state index in [4.69, 9.17) is 5.73 Å². The first kappa shape index (κ1) is 16.2. The average Bonchev–Trinajstić information content (AvgIpc) is 2.90. The van der Waals surface area contributed by atoms with E-state index in [9.17, 15) is 9.59 Å². The summed E-state index contributed by atoms with van der Waals surface area (Å²) in [6, 6.07) is 0.147. The molecule has 4 nitrogen and oxygen atoms in total. The lowest BCUT2D eigenvalue weighted by Crippen LogP contribution is -2.30. The van der Waals surface area contributed by atoms with E-state index >= 15 is 0 Å². The van der Waals surface area contributed by atoms with Gasteiger partial charge in [0.05, 0.1) is 6.04 Å². The standard InChI is InChI=1S/C15H28N2O2/c16-15(19)11-7-5-3-1-2-4-6-10-14(18)13-9-8-12-17-13/h13,17H,1-12H2,(H2,16,19)/t13-/m0/s1. The highest BCUT2D eigenvalue weighted by atomic mass is 16.1. The summed E-state index contributed by atoms with van der Waals surface area (Å²) in [6.45, 7) is 1.00. The molecule has 1 saturated heterocycles. The second kappa shape index (κ2) is 9.96. The molecule has 1 amide bonds. The molecular formula is C15H28N2O2. The summed E-state index contributed by atoms with van der Waals surface area (Å²) < 4.78 is 0. The predicted octanol–water partition coefficient (Wildman–Crippen LogP) is 2.30. The van der Waals surface area contributed by atoms with E-state index in [-0.39, 0.29) is 11.9 Å². The number of hydrogen-bond acceptors (Lipinski definition) is 3. The molecule has 1 aliphatic heterocycles. The Morgan fingerprint density at radius 1 is 0.947 bits per heavy atom. The van der Waals surface area contributed by atoms with Crippen LogP contribution < -0.4 is 11.1 Å². The van der Waals surface area contributed by atoms with Crippen molar-refractivity contribution >= 4 is 11.7 Å². The van der Waals surface area contributed by atoms with Crippen molar-refractivity contribution in [2.45, 2.75) is 76.7 Å². The molecule has 0 spiro atoms. The highest BCUT2D eigenvalue weighted by Gasteiger charge is 2.20. The molecule has 1 rings (SSSR count). The van der Waals surface area contributed by atoms with Crippen molar-refractivity contribution in [2.24, 2.45) is 5.73 Å². The molecule has 3 N–H and O–H groups in total. The number of rotatable bonds is 11. The fraction of sp³-hybridized carbons (Fsp3) is 0.867. The quantitative estimate of drug-likeness (QED) is 0.565. The Bertz CT molecular complexity index is 273. The van der Waals surface area contributed by atoms with Gasteiger partial charge in [-0.3, -0.25) is 9.59 Å². The van der Waals surface area contributed by atoms with Gasteiger partial charge < -0.3 is 11.1 Å². The van der Waals surface area contributed by atoms with Crippen LogP contribution in [0.15, 0.2) is 0 Å². The van der Waals surface area contributed by atoms with Crippen LogP contribution in [-0.2, 0) is 9.59 Å². The first-order valence-corrected chi connectivity index (χ1v) is 7.74. The Morgan fingerprint density at radius 3 is 2.05 bits per heavy atom. The maximum Gasteiger partial charge on any atom is 0.217 e. The zero-order valence-electron chi connectivity index (χ0n) is 12.0. The van der Waals surface area contributed by atoms with Crippen LogP contribution in [0.5, 0.6) is 0 Å². The number of Topliss-reactive ketones (excluding diaryl/α,β-unsaturated/α-hetero) is 1. The molecule has 0 aliphatic carbocycles. The molecule has 0 bridgehead atoms. The van der Waals surface area contributed by atoms with Crippen LogP contribution in [0.3, 0.4) is 0 Å². The van der Waals surface area contributed by atoms with Gasteiger partial charge in [-0.25, -0.2) is 0 Å². The maximum atomic E-state index is 11.8. The molecule has 110 valence electrons. The van der Waals surface area contributed by atoms with Crippen LogP contribution in [0.2, 0.25) is 0 Å². The summed E-state index contributed by atoms with van der Waals surface area (Å²) in [5, 5.41) is 3.25. The SMILES string of the molecule is NC(=O)CCCCCCCCCC(=O)[C@@H]1CCCN1. The van der Waals surface area contributed by atoms with Gasteiger partial charge in [-0.05, 0) is 32.2 Å². The fourth-order valence-corrected chi connectivity index (χ4v) is 2.62. The number of amides is 1. The van der Waals surface area contributed by atoms with Crippen molar-refractivity contribution in [1.82, 2.24) is 5.32 Å². The van der Waals surface area contributed by atoms with E-state index in [0.717, 1.165) is 51.5 Å². The zero-order valence-corrected chi connectivity index (χ0v) is 12.0. The number of primary amides is 1. The Morgan fingerprint density at radius 2 is 1.53 bits per heavy atom. The smallest absolute Gasteiger partial charge is 0.217 e. The monoisotopic (exact) mass is 268 g/mol. The minimum absolute atomic E-state index is 0.147. The molecule has 1 fully saturated rings. The zero-order chi connectivity index (χ0) is 13.9. The molecule has 0 aromatic carbocycles. The van der Waals surface area contributed by atoms with Crippen LogP contribution in [-0.4, -0.2) is 24.3 Å². The molecule has 0 aromatic rings. The largest absolute Gasteiger partial charge is 0.370 e. The lowest BCUT2D eigenvalue weighted by Gasteiger charge is -2.08. The number of nitrogens with one attached hydrogen (secondary N) is 1. The second-order valence-corrected chi connectivity index (χ2v) is 5.56. The number of unbranched alkanes of at least 4 members (excludes halogenated alkanes) is 6. The molecule has 0 saturated carbocycles. The average molecular weight is 268 g/mol. The van der Waals surface area contributed by atoms with Gasteiger partial charge in [0.2, 0.25) is 5.91 Å². The molecule has 1 atom stereocenters. The van der Waals surface area contributed by atoms with Gasteiger partial charge in [-0.1, -0.05) is 32.1 Å². The Hall–Kier alpha value is -0.900. The van der Waals surface area contributed by atoms with Crippen molar-refractivity contribution in [3.05, 3.63) is 0 Å². The van der Waals surface area contributed by atoms with Gasteiger partial charge in [-0.15, -0.1) is 0 Å². The molecule has 0 unspecified atom stereocenters. The van der Waals surface area contributed by atoms with Gasteiger partial charge in [-0.2, -0.15) is 0 Å². The second-order valence-electron chi connectivity index (χ2n) is 5.56. The third-order valence-electron chi connectivity index (χ3n) is 3.80. The highest BCUT2D eigenvalue weighted by Crippen LogP contribution is 2.13. The summed E-state index contributed by atoms with van der Waals surface area (Å²) in [4.78, 5) is 22.3. The molecule has 4 heteroatoms. The molecular weight excluding hydrogens is 240 g/mol. The number of carbonyl (C=O) groups is 2. The van der Waals surface area contributed by atoms with Crippen molar-refractivity contribution in [2.75, 3.05) is 6.54 Å². The van der Waals surface area contributed by atoms with Gasteiger partial charge in [0, 0.05) is 12.8 Å². The molecule has 0 aromatic heterocycles. The van der Waals surface area contributed by atoms with Crippen molar-refractivity contribution in [1.29, 1.82) is 0 Å². The lowest BCUT2D eigenvalue weighted by atomic mass is 10.0. The van der Waals surface area contributed by atoms with Gasteiger partial charge >= 0.3 is 0 Å². The predicted molar refractivity (Wildman–Crippen MR) is 76.8 cm³/mol. The topological polar surface area (TPSA) is 72.2 Å². The third-order valence-corrected chi connectivity index (χ3v) is 3.80. The summed E-state index contributed by atoms with van der Waals surface area (Å²) >= 11 is 0. The fourth-order valence-electron chi connectivity index (χ4n) is 2.62. The molecule has 1 aliphatic rings. The van der Waals surface area contributed by atoms with Crippen LogP contribution in [0, 0.1) is 0 Å². The Balaban J connectivity index is 1.83. The normalized spacial score (nSPS) is 18.6. The number of ketones is 1. The van der Waals surface area contributed by atoms with E-state index in [1.807, 2.05) is 0 Å². The Labute approximate surface area is 116 Å². The summed E-state index contributed by atoms with van der Waals surface area (Å²) in [5.41, 5.74) is 5.08. The van der Waals surface area contributed by atoms with E-state index in [1.54, 1.807) is 0 Å². The van der Waals surface area contributed by atoms with E-state index < -0.39 is 0 Å². The maximum absolute atomic E-state index is 11.8. The summed E-state index contributed by atoms with van der Waals surface area (Å²) in [7, 11) is 0.